The third-order valence-corrected chi connectivity index (χ3v) is 5.70. The van der Waals surface area contributed by atoms with Crippen molar-refractivity contribution in [2.75, 3.05) is 5.75 Å². The van der Waals surface area contributed by atoms with Gasteiger partial charge in [-0.25, -0.2) is 4.98 Å². The van der Waals surface area contributed by atoms with Gasteiger partial charge >= 0.3 is 0 Å². The van der Waals surface area contributed by atoms with E-state index in [2.05, 4.69) is 10.3 Å². The fourth-order valence-corrected chi connectivity index (χ4v) is 4.23. The third kappa shape index (κ3) is 3.39. The molecule has 0 aliphatic carbocycles. The van der Waals surface area contributed by atoms with Gasteiger partial charge < -0.3 is 5.32 Å². The molecule has 6 heteroatoms. The second kappa shape index (κ2) is 6.39. The number of amides is 1. The van der Waals surface area contributed by atoms with Gasteiger partial charge in [0.2, 0.25) is 5.91 Å². The maximum Gasteiger partial charge on any atom is 0.230 e. The zero-order chi connectivity index (χ0) is 13.8. The molecule has 0 fully saturated rings. The summed E-state index contributed by atoms with van der Waals surface area (Å²) in [6.45, 7) is 0.608. The molecular formula is C14H12N2OS3. The molecule has 3 aromatic rings. The van der Waals surface area contributed by atoms with Crippen molar-refractivity contribution in [3.8, 4) is 0 Å². The molecule has 2 heterocycles. The monoisotopic (exact) mass is 320 g/mol. The first kappa shape index (κ1) is 13.6. The van der Waals surface area contributed by atoms with Gasteiger partial charge in [-0.1, -0.05) is 30.0 Å². The number of hydrogen-bond acceptors (Lipinski definition) is 5. The van der Waals surface area contributed by atoms with Crippen LogP contribution in [0.3, 0.4) is 0 Å². The highest BCUT2D eigenvalue weighted by molar-refractivity contribution is 8.01. The van der Waals surface area contributed by atoms with Crippen LogP contribution in [0, 0.1) is 0 Å². The van der Waals surface area contributed by atoms with Crippen LogP contribution in [0.1, 0.15) is 4.88 Å². The molecule has 0 saturated heterocycles. The molecule has 20 heavy (non-hydrogen) atoms. The second-order valence-electron chi connectivity index (χ2n) is 4.09. The summed E-state index contributed by atoms with van der Waals surface area (Å²) in [4.78, 5) is 17.4. The van der Waals surface area contributed by atoms with E-state index in [4.69, 9.17) is 0 Å². The first-order valence-corrected chi connectivity index (χ1v) is 8.77. The van der Waals surface area contributed by atoms with E-state index in [9.17, 15) is 4.79 Å². The zero-order valence-corrected chi connectivity index (χ0v) is 13.0. The Morgan fingerprint density at radius 2 is 2.15 bits per heavy atom. The summed E-state index contributed by atoms with van der Waals surface area (Å²) in [6, 6.07) is 12.0. The van der Waals surface area contributed by atoms with E-state index < -0.39 is 0 Å². The fourth-order valence-electron chi connectivity index (χ4n) is 1.69. The molecule has 3 rings (SSSR count). The summed E-state index contributed by atoms with van der Waals surface area (Å²) in [5.41, 5.74) is 0.999. The highest BCUT2D eigenvalue weighted by Gasteiger charge is 2.07. The summed E-state index contributed by atoms with van der Waals surface area (Å²) in [6.07, 6.45) is 0. The van der Waals surface area contributed by atoms with E-state index in [0.717, 1.165) is 14.6 Å². The Balaban J connectivity index is 1.52. The van der Waals surface area contributed by atoms with Crippen molar-refractivity contribution in [3.63, 3.8) is 0 Å². The number of carbonyl (C=O) groups is 1. The highest BCUT2D eigenvalue weighted by Crippen LogP contribution is 2.29. The van der Waals surface area contributed by atoms with Crippen LogP contribution >= 0.6 is 34.4 Å². The summed E-state index contributed by atoms with van der Waals surface area (Å²) < 4.78 is 2.10. The van der Waals surface area contributed by atoms with Gasteiger partial charge in [0.05, 0.1) is 22.5 Å². The Morgan fingerprint density at radius 1 is 1.25 bits per heavy atom. The SMILES string of the molecule is O=C(CSc1nc2ccccc2s1)NCc1cccs1. The van der Waals surface area contributed by atoms with Crippen LogP contribution in [0.25, 0.3) is 10.2 Å². The number of carbonyl (C=O) groups excluding carboxylic acids is 1. The maximum absolute atomic E-state index is 11.8. The van der Waals surface area contributed by atoms with Gasteiger partial charge in [-0.05, 0) is 23.6 Å². The Hall–Kier alpha value is -1.37. The van der Waals surface area contributed by atoms with Crippen molar-refractivity contribution in [3.05, 3.63) is 46.7 Å². The fraction of sp³-hybridized carbons (Fsp3) is 0.143. The van der Waals surface area contributed by atoms with Crippen molar-refractivity contribution in [1.29, 1.82) is 0 Å². The van der Waals surface area contributed by atoms with Crippen molar-refractivity contribution in [2.45, 2.75) is 10.9 Å². The molecule has 0 aliphatic heterocycles. The minimum atomic E-state index is 0.0441. The molecule has 0 radical (unpaired) electrons. The van der Waals surface area contributed by atoms with E-state index in [1.807, 2.05) is 41.8 Å². The third-order valence-electron chi connectivity index (χ3n) is 2.64. The van der Waals surface area contributed by atoms with Gasteiger partial charge in [-0.15, -0.1) is 22.7 Å². The van der Waals surface area contributed by atoms with E-state index in [-0.39, 0.29) is 5.91 Å². The molecule has 0 saturated carbocycles. The molecule has 1 N–H and O–H groups in total. The van der Waals surface area contributed by atoms with Crippen LogP contribution in [0.5, 0.6) is 0 Å². The van der Waals surface area contributed by atoms with E-state index in [0.29, 0.717) is 12.3 Å². The predicted molar refractivity (Wildman–Crippen MR) is 86.5 cm³/mol. The number of thiophene rings is 1. The number of aromatic nitrogens is 1. The minimum absolute atomic E-state index is 0.0441. The highest BCUT2D eigenvalue weighted by atomic mass is 32.2. The van der Waals surface area contributed by atoms with Crippen LogP contribution in [-0.4, -0.2) is 16.6 Å². The van der Waals surface area contributed by atoms with Crippen LogP contribution in [-0.2, 0) is 11.3 Å². The van der Waals surface area contributed by atoms with Gasteiger partial charge in [0.15, 0.2) is 4.34 Å². The molecular weight excluding hydrogens is 308 g/mol. The number of hydrogen-bond donors (Lipinski definition) is 1. The van der Waals surface area contributed by atoms with Gasteiger partial charge in [0, 0.05) is 4.88 Å². The number of rotatable bonds is 5. The topological polar surface area (TPSA) is 42.0 Å². The summed E-state index contributed by atoms with van der Waals surface area (Å²) >= 11 is 4.77. The molecule has 0 unspecified atom stereocenters. The van der Waals surface area contributed by atoms with Gasteiger partial charge in [0.25, 0.3) is 0 Å². The predicted octanol–water partition coefficient (Wildman–Crippen LogP) is 3.77. The average Bonchev–Trinajstić information content (AvgIpc) is 3.11. The Kier molecular flexibility index (Phi) is 4.34. The van der Waals surface area contributed by atoms with E-state index in [1.165, 1.54) is 16.6 Å². The number of para-hydroxylation sites is 1. The molecule has 2 aromatic heterocycles. The number of fused-ring (bicyclic) bond motifs is 1. The van der Waals surface area contributed by atoms with Gasteiger partial charge in [-0.2, -0.15) is 0 Å². The van der Waals surface area contributed by atoms with Gasteiger partial charge in [0.1, 0.15) is 0 Å². The van der Waals surface area contributed by atoms with Crippen LogP contribution < -0.4 is 5.32 Å². The standard InChI is InChI=1S/C14H12N2OS3/c17-13(15-8-10-4-3-7-18-10)9-19-14-16-11-5-1-2-6-12(11)20-14/h1-7H,8-9H2,(H,15,17). The van der Waals surface area contributed by atoms with Crippen LogP contribution in [0.15, 0.2) is 46.1 Å². The molecule has 102 valence electrons. The van der Waals surface area contributed by atoms with Crippen molar-refractivity contribution in [2.24, 2.45) is 0 Å². The zero-order valence-electron chi connectivity index (χ0n) is 10.5. The number of thioether (sulfide) groups is 1. The average molecular weight is 320 g/mol. The van der Waals surface area contributed by atoms with Crippen molar-refractivity contribution >= 4 is 50.6 Å². The second-order valence-corrected chi connectivity index (χ2v) is 7.38. The number of thiazole rings is 1. The Labute approximate surface area is 129 Å². The number of nitrogens with one attached hydrogen (secondary N) is 1. The van der Waals surface area contributed by atoms with Crippen LogP contribution in [0.4, 0.5) is 0 Å². The van der Waals surface area contributed by atoms with Crippen LogP contribution in [0.2, 0.25) is 0 Å². The lowest BCUT2D eigenvalue weighted by molar-refractivity contribution is -0.118. The van der Waals surface area contributed by atoms with E-state index >= 15 is 0 Å². The van der Waals surface area contributed by atoms with Gasteiger partial charge in [-0.3, -0.25) is 4.79 Å². The minimum Gasteiger partial charge on any atom is -0.350 e. The molecule has 1 amide bonds. The summed E-state index contributed by atoms with van der Waals surface area (Å²) in [5, 5.41) is 4.93. The largest absolute Gasteiger partial charge is 0.350 e. The summed E-state index contributed by atoms with van der Waals surface area (Å²) in [5.74, 6) is 0.452. The number of nitrogens with zero attached hydrogens (tertiary/aromatic N) is 1. The quantitative estimate of drug-likeness (QED) is 0.728. The maximum atomic E-state index is 11.8. The Morgan fingerprint density at radius 3 is 2.95 bits per heavy atom. The van der Waals surface area contributed by atoms with Crippen molar-refractivity contribution in [1.82, 2.24) is 10.3 Å². The molecule has 0 atom stereocenters. The van der Waals surface area contributed by atoms with E-state index in [1.54, 1.807) is 22.7 Å². The smallest absolute Gasteiger partial charge is 0.230 e. The molecule has 1 aromatic carbocycles. The first-order valence-electron chi connectivity index (χ1n) is 6.09. The lowest BCUT2D eigenvalue weighted by Crippen LogP contribution is -2.24. The molecule has 0 spiro atoms. The molecule has 0 aliphatic rings. The molecule has 3 nitrogen and oxygen atoms in total. The Bertz CT molecular complexity index is 673. The summed E-state index contributed by atoms with van der Waals surface area (Å²) in [7, 11) is 0. The normalized spacial score (nSPS) is 10.8. The number of benzene rings is 1. The molecule has 0 bridgehead atoms. The lowest BCUT2D eigenvalue weighted by atomic mass is 10.3. The van der Waals surface area contributed by atoms with Crippen molar-refractivity contribution < 1.29 is 4.79 Å². The first-order chi connectivity index (χ1) is 9.81. The lowest BCUT2D eigenvalue weighted by Gasteiger charge is -2.01.